The van der Waals surface area contributed by atoms with Gasteiger partial charge in [-0.3, -0.25) is 9.36 Å². The first-order chi connectivity index (χ1) is 14.1. The molecular weight excluding hydrogens is 384 g/mol. The molecule has 152 valence electrons. The van der Waals surface area contributed by atoms with Crippen molar-refractivity contribution in [2.24, 2.45) is 0 Å². The largest absolute Gasteiger partial charge is 0.467 e. The van der Waals surface area contributed by atoms with E-state index in [0.29, 0.717) is 18.2 Å². The maximum Gasteiger partial charge on any atom is 0.228 e. The van der Waals surface area contributed by atoms with Gasteiger partial charge in [0, 0.05) is 18.7 Å². The van der Waals surface area contributed by atoms with Crippen LogP contribution in [0, 0.1) is 0 Å². The van der Waals surface area contributed by atoms with Crippen molar-refractivity contribution in [2.45, 2.75) is 44.3 Å². The Labute approximate surface area is 175 Å². The highest BCUT2D eigenvalue weighted by molar-refractivity contribution is 7.99. The summed E-state index contributed by atoms with van der Waals surface area (Å²) in [5.41, 5.74) is 1.97. The van der Waals surface area contributed by atoms with Gasteiger partial charge in [0.25, 0.3) is 0 Å². The standard InChI is InChI=1S/C22H26N4O2S/c1-16(2)17-7-9-18(10-8-17)20(27)15-29-22-24-23-21(25-11-3-4-12-25)26(22)14-19-6-5-13-28-19/h5-10,13,16H,3-4,11-12,14-15H2,1-2H3. The monoisotopic (exact) mass is 410 g/mol. The zero-order chi connectivity index (χ0) is 20.2. The molecule has 0 aliphatic carbocycles. The van der Waals surface area contributed by atoms with Crippen LogP contribution in [-0.4, -0.2) is 39.4 Å². The van der Waals surface area contributed by atoms with E-state index >= 15 is 0 Å². The second-order valence-electron chi connectivity index (χ2n) is 7.63. The van der Waals surface area contributed by atoms with Crippen LogP contribution in [0.5, 0.6) is 0 Å². The Morgan fingerprint density at radius 3 is 2.55 bits per heavy atom. The van der Waals surface area contributed by atoms with E-state index in [2.05, 4.69) is 33.5 Å². The van der Waals surface area contributed by atoms with Gasteiger partial charge in [0.15, 0.2) is 10.9 Å². The van der Waals surface area contributed by atoms with E-state index in [0.717, 1.165) is 35.5 Å². The molecule has 0 amide bonds. The van der Waals surface area contributed by atoms with E-state index in [9.17, 15) is 4.79 Å². The zero-order valence-electron chi connectivity index (χ0n) is 16.9. The molecule has 0 atom stereocenters. The summed E-state index contributed by atoms with van der Waals surface area (Å²) in [6, 6.07) is 11.7. The summed E-state index contributed by atoms with van der Waals surface area (Å²) >= 11 is 1.43. The Balaban J connectivity index is 1.49. The highest BCUT2D eigenvalue weighted by atomic mass is 32.2. The number of ketones is 1. The van der Waals surface area contributed by atoms with Crippen LogP contribution in [0.1, 0.15) is 54.3 Å². The van der Waals surface area contributed by atoms with Gasteiger partial charge in [-0.2, -0.15) is 0 Å². The van der Waals surface area contributed by atoms with Crippen LogP contribution in [0.4, 0.5) is 5.95 Å². The third kappa shape index (κ3) is 4.56. The van der Waals surface area contributed by atoms with E-state index in [1.54, 1.807) is 6.26 Å². The first kappa shape index (κ1) is 19.8. The summed E-state index contributed by atoms with van der Waals surface area (Å²) in [6.45, 7) is 6.84. The number of hydrogen-bond acceptors (Lipinski definition) is 6. The quantitative estimate of drug-likeness (QED) is 0.399. The van der Waals surface area contributed by atoms with Gasteiger partial charge in [-0.1, -0.05) is 49.9 Å². The fourth-order valence-corrected chi connectivity index (χ4v) is 4.33. The van der Waals surface area contributed by atoms with Crippen molar-refractivity contribution in [3.05, 3.63) is 59.5 Å². The van der Waals surface area contributed by atoms with Crippen molar-refractivity contribution in [3.8, 4) is 0 Å². The molecule has 0 radical (unpaired) electrons. The number of carbonyl (C=O) groups is 1. The fraction of sp³-hybridized carbons (Fsp3) is 0.409. The number of hydrogen-bond donors (Lipinski definition) is 0. The summed E-state index contributed by atoms with van der Waals surface area (Å²) in [7, 11) is 0. The second-order valence-corrected chi connectivity index (χ2v) is 8.57. The molecule has 29 heavy (non-hydrogen) atoms. The van der Waals surface area contributed by atoms with Gasteiger partial charge in [0.1, 0.15) is 5.76 Å². The molecule has 0 spiro atoms. The van der Waals surface area contributed by atoms with Crippen molar-refractivity contribution in [3.63, 3.8) is 0 Å². The van der Waals surface area contributed by atoms with Crippen LogP contribution >= 0.6 is 11.8 Å². The molecule has 3 aromatic rings. The van der Waals surface area contributed by atoms with Crippen LogP contribution in [0.2, 0.25) is 0 Å². The zero-order valence-corrected chi connectivity index (χ0v) is 17.7. The van der Waals surface area contributed by atoms with Crippen molar-refractivity contribution in [2.75, 3.05) is 23.7 Å². The predicted molar refractivity (Wildman–Crippen MR) is 115 cm³/mol. The first-order valence-corrected chi connectivity index (χ1v) is 11.1. The van der Waals surface area contributed by atoms with Gasteiger partial charge in [-0.05, 0) is 36.5 Å². The summed E-state index contributed by atoms with van der Waals surface area (Å²) in [4.78, 5) is 14.9. The molecule has 1 aliphatic heterocycles. The second kappa shape index (κ2) is 8.86. The molecule has 6 nitrogen and oxygen atoms in total. The number of furan rings is 1. The maximum atomic E-state index is 12.7. The van der Waals surface area contributed by atoms with Gasteiger partial charge >= 0.3 is 0 Å². The number of anilines is 1. The van der Waals surface area contributed by atoms with E-state index < -0.39 is 0 Å². The third-order valence-corrected chi connectivity index (χ3v) is 6.18. The Morgan fingerprint density at radius 2 is 1.90 bits per heavy atom. The lowest BCUT2D eigenvalue weighted by Crippen LogP contribution is -2.22. The van der Waals surface area contributed by atoms with Gasteiger partial charge in [0.05, 0.1) is 18.6 Å². The molecule has 0 bridgehead atoms. The van der Waals surface area contributed by atoms with E-state index in [-0.39, 0.29) is 5.78 Å². The van der Waals surface area contributed by atoms with Gasteiger partial charge < -0.3 is 9.32 Å². The molecule has 1 aromatic carbocycles. The minimum absolute atomic E-state index is 0.0978. The molecule has 4 rings (SSSR count). The average Bonchev–Trinajstić information content (AvgIpc) is 3.49. The lowest BCUT2D eigenvalue weighted by atomic mass is 10.0. The van der Waals surface area contributed by atoms with Gasteiger partial charge in [-0.25, -0.2) is 0 Å². The van der Waals surface area contributed by atoms with Crippen molar-refractivity contribution < 1.29 is 9.21 Å². The topological polar surface area (TPSA) is 64.2 Å². The molecule has 0 saturated carbocycles. The third-order valence-electron chi connectivity index (χ3n) is 5.21. The molecular formula is C22H26N4O2S. The van der Waals surface area contributed by atoms with E-state index in [1.807, 2.05) is 36.4 Å². The van der Waals surface area contributed by atoms with Crippen LogP contribution < -0.4 is 4.90 Å². The average molecular weight is 411 g/mol. The van der Waals surface area contributed by atoms with Crippen LogP contribution in [-0.2, 0) is 6.54 Å². The predicted octanol–water partition coefficient (Wildman–Crippen LogP) is 4.62. The summed E-state index contributed by atoms with van der Waals surface area (Å²) in [5, 5.41) is 9.56. The number of aromatic nitrogens is 3. The number of thioether (sulfide) groups is 1. The van der Waals surface area contributed by atoms with Crippen molar-refractivity contribution in [1.82, 2.24) is 14.8 Å². The SMILES string of the molecule is CC(C)c1ccc(C(=O)CSc2nnc(N3CCCC3)n2Cc2ccco2)cc1. The normalized spacial score (nSPS) is 14.1. The Hall–Kier alpha value is -2.54. The molecule has 1 aliphatic rings. The van der Waals surface area contributed by atoms with Gasteiger partial charge in [-0.15, -0.1) is 10.2 Å². The Kier molecular flexibility index (Phi) is 6.04. The highest BCUT2D eigenvalue weighted by Gasteiger charge is 2.22. The summed E-state index contributed by atoms with van der Waals surface area (Å²) in [6.07, 6.45) is 4.01. The maximum absolute atomic E-state index is 12.7. The van der Waals surface area contributed by atoms with Crippen LogP contribution in [0.15, 0.2) is 52.2 Å². The molecule has 1 fully saturated rings. The highest BCUT2D eigenvalue weighted by Crippen LogP contribution is 2.26. The Morgan fingerprint density at radius 1 is 1.14 bits per heavy atom. The summed E-state index contributed by atoms with van der Waals surface area (Å²) in [5.74, 6) is 2.59. The summed E-state index contributed by atoms with van der Waals surface area (Å²) < 4.78 is 7.59. The molecule has 3 heterocycles. The molecule has 0 N–H and O–H groups in total. The van der Waals surface area contributed by atoms with Crippen LogP contribution in [0.3, 0.4) is 0 Å². The number of Topliss-reactive ketones (excluding diaryl/α,β-unsaturated/α-hetero) is 1. The number of carbonyl (C=O) groups excluding carboxylic acids is 1. The molecule has 0 unspecified atom stereocenters. The minimum atomic E-state index is 0.0978. The molecule has 2 aromatic heterocycles. The van der Waals surface area contributed by atoms with Crippen molar-refractivity contribution >= 4 is 23.5 Å². The smallest absolute Gasteiger partial charge is 0.228 e. The van der Waals surface area contributed by atoms with Crippen LogP contribution in [0.25, 0.3) is 0 Å². The lowest BCUT2D eigenvalue weighted by molar-refractivity contribution is 0.102. The van der Waals surface area contributed by atoms with E-state index in [1.165, 1.54) is 30.2 Å². The fourth-order valence-electron chi connectivity index (χ4n) is 3.50. The number of benzene rings is 1. The van der Waals surface area contributed by atoms with Crippen molar-refractivity contribution in [1.29, 1.82) is 0 Å². The molecule has 1 saturated heterocycles. The van der Waals surface area contributed by atoms with E-state index in [4.69, 9.17) is 4.42 Å². The number of nitrogens with zero attached hydrogens (tertiary/aromatic N) is 4. The molecule has 7 heteroatoms. The Bertz CT molecular complexity index is 942. The van der Waals surface area contributed by atoms with Gasteiger partial charge in [0.2, 0.25) is 5.95 Å². The first-order valence-electron chi connectivity index (χ1n) is 10.1. The number of rotatable bonds is 8. The lowest BCUT2D eigenvalue weighted by Gasteiger charge is -2.17. The minimum Gasteiger partial charge on any atom is -0.467 e.